The van der Waals surface area contributed by atoms with Crippen molar-refractivity contribution >= 4 is 23.5 Å². The molecule has 0 radical (unpaired) electrons. The maximum absolute atomic E-state index is 12.5. The number of nitriles is 1. The molecule has 0 spiro atoms. The first-order valence-corrected chi connectivity index (χ1v) is 8.69. The number of allylic oxidation sites excluding steroid dienone is 1. The quantitative estimate of drug-likeness (QED) is 0.360. The highest BCUT2D eigenvalue weighted by molar-refractivity contribution is 6.32. The van der Waals surface area contributed by atoms with Gasteiger partial charge < -0.3 is 13.9 Å². The van der Waals surface area contributed by atoms with Gasteiger partial charge in [0.05, 0.1) is 30.1 Å². The summed E-state index contributed by atoms with van der Waals surface area (Å²) < 4.78 is 16.4. The molecule has 2 aromatic rings. The molecule has 1 aromatic heterocycles. The van der Waals surface area contributed by atoms with Crippen LogP contribution in [0.15, 0.2) is 34.5 Å². The van der Waals surface area contributed by atoms with Crippen LogP contribution >= 0.6 is 11.6 Å². The summed E-state index contributed by atoms with van der Waals surface area (Å²) in [6.07, 6.45) is 3.73. The largest absolute Gasteiger partial charge is 0.490 e. The van der Waals surface area contributed by atoms with Crippen molar-refractivity contribution in [1.29, 1.82) is 5.26 Å². The van der Waals surface area contributed by atoms with Crippen molar-refractivity contribution in [1.82, 2.24) is 0 Å². The molecule has 5 nitrogen and oxygen atoms in total. The third-order valence-corrected chi connectivity index (χ3v) is 3.84. The van der Waals surface area contributed by atoms with E-state index < -0.39 is 5.78 Å². The van der Waals surface area contributed by atoms with E-state index >= 15 is 0 Å². The van der Waals surface area contributed by atoms with E-state index in [9.17, 15) is 10.1 Å². The van der Waals surface area contributed by atoms with Gasteiger partial charge in [0.25, 0.3) is 0 Å². The lowest BCUT2D eigenvalue weighted by Gasteiger charge is -2.14. The third kappa shape index (κ3) is 4.47. The Labute approximate surface area is 157 Å². The zero-order chi connectivity index (χ0) is 19.1. The number of hydrogen-bond acceptors (Lipinski definition) is 5. The molecular formula is C20H20ClNO4. The maximum atomic E-state index is 12.5. The van der Waals surface area contributed by atoms with Gasteiger partial charge in [-0.1, -0.05) is 18.5 Å². The molecule has 0 aliphatic heterocycles. The highest BCUT2D eigenvalue weighted by Gasteiger charge is 2.18. The lowest BCUT2D eigenvalue weighted by atomic mass is 10.0. The summed E-state index contributed by atoms with van der Waals surface area (Å²) in [4.78, 5) is 12.5. The fourth-order valence-electron chi connectivity index (χ4n) is 2.36. The van der Waals surface area contributed by atoms with E-state index in [1.54, 1.807) is 25.1 Å². The second kappa shape index (κ2) is 9.12. The number of nitrogens with zero attached hydrogens (tertiary/aromatic N) is 1. The van der Waals surface area contributed by atoms with Gasteiger partial charge >= 0.3 is 0 Å². The summed E-state index contributed by atoms with van der Waals surface area (Å²) in [5.74, 6) is 0.999. The number of Topliss-reactive ketones (excluding diaryl/α,β-unsaturated/α-hetero) is 1. The normalized spacial score (nSPS) is 11.1. The SMILES string of the molecule is CCCOc1c(Cl)cc(/C=C(\C#N)C(=O)c2ccoc2C)cc1OCC. The number of rotatable bonds is 8. The number of benzene rings is 1. The molecule has 0 saturated carbocycles. The van der Waals surface area contributed by atoms with Crippen LogP contribution in [0.1, 0.15) is 41.9 Å². The van der Waals surface area contributed by atoms with Crippen molar-refractivity contribution in [3.05, 3.63) is 51.9 Å². The van der Waals surface area contributed by atoms with Crippen LogP contribution in [-0.2, 0) is 0 Å². The molecule has 0 aliphatic carbocycles. The van der Waals surface area contributed by atoms with Crippen LogP contribution in [0, 0.1) is 18.3 Å². The Morgan fingerprint density at radius 2 is 2.12 bits per heavy atom. The molecule has 1 heterocycles. The highest BCUT2D eigenvalue weighted by atomic mass is 35.5. The predicted molar refractivity (Wildman–Crippen MR) is 99.8 cm³/mol. The van der Waals surface area contributed by atoms with Crippen LogP contribution in [0.4, 0.5) is 0 Å². The Morgan fingerprint density at radius 1 is 1.35 bits per heavy atom. The van der Waals surface area contributed by atoms with E-state index in [-0.39, 0.29) is 5.57 Å². The van der Waals surface area contributed by atoms with Crippen LogP contribution in [0.5, 0.6) is 11.5 Å². The van der Waals surface area contributed by atoms with Crippen molar-refractivity contribution in [3.63, 3.8) is 0 Å². The van der Waals surface area contributed by atoms with E-state index in [0.29, 0.717) is 46.6 Å². The zero-order valence-corrected chi connectivity index (χ0v) is 15.7. The van der Waals surface area contributed by atoms with Crippen molar-refractivity contribution < 1.29 is 18.7 Å². The molecule has 0 bridgehead atoms. The van der Waals surface area contributed by atoms with E-state index in [0.717, 1.165) is 6.42 Å². The molecule has 0 fully saturated rings. The summed E-state index contributed by atoms with van der Waals surface area (Å²) in [5.41, 5.74) is 0.917. The summed E-state index contributed by atoms with van der Waals surface area (Å²) in [6.45, 7) is 6.47. The molecule has 0 unspecified atom stereocenters. The second-order valence-corrected chi connectivity index (χ2v) is 5.91. The Bertz CT molecular complexity index is 861. The number of carbonyl (C=O) groups is 1. The molecule has 26 heavy (non-hydrogen) atoms. The summed E-state index contributed by atoms with van der Waals surface area (Å²) in [7, 11) is 0. The van der Waals surface area contributed by atoms with Gasteiger partial charge in [0.15, 0.2) is 11.5 Å². The fourth-order valence-corrected chi connectivity index (χ4v) is 2.63. The third-order valence-electron chi connectivity index (χ3n) is 3.56. The summed E-state index contributed by atoms with van der Waals surface area (Å²) in [5, 5.41) is 9.76. The van der Waals surface area contributed by atoms with Gasteiger partial charge in [-0.15, -0.1) is 0 Å². The number of ketones is 1. The number of furan rings is 1. The summed E-state index contributed by atoms with van der Waals surface area (Å²) in [6, 6.07) is 6.83. The minimum atomic E-state index is -0.404. The Hall–Kier alpha value is -2.71. The zero-order valence-electron chi connectivity index (χ0n) is 15.0. The van der Waals surface area contributed by atoms with Crippen LogP contribution in [0.2, 0.25) is 5.02 Å². The van der Waals surface area contributed by atoms with E-state index in [1.165, 1.54) is 12.3 Å². The number of halogens is 1. The van der Waals surface area contributed by atoms with Gasteiger partial charge in [-0.2, -0.15) is 5.26 Å². The van der Waals surface area contributed by atoms with Gasteiger partial charge in [0, 0.05) is 0 Å². The minimum absolute atomic E-state index is 0.0183. The molecule has 0 aliphatic rings. The first-order valence-electron chi connectivity index (χ1n) is 8.31. The van der Waals surface area contributed by atoms with E-state index in [4.69, 9.17) is 25.5 Å². The van der Waals surface area contributed by atoms with Crippen LogP contribution in [0.3, 0.4) is 0 Å². The van der Waals surface area contributed by atoms with Gasteiger partial charge in [-0.05, 0) is 50.1 Å². The molecule has 6 heteroatoms. The number of hydrogen-bond donors (Lipinski definition) is 0. The fraction of sp³-hybridized carbons (Fsp3) is 0.300. The van der Waals surface area contributed by atoms with Crippen molar-refractivity contribution in [2.75, 3.05) is 13.2 Å². The molecule has 136 valence electrons. The predicted octanol–water partition coefficient (Wildman–Crippen LogP) is 5.22. The minimum Gasteiger partial charge on any atom is -0.490 e. The molecule has 1 aromatic carbocycles. The van der Waals surface area contributed by atoms with Crippen LogP contribution < -0.4 is 9.47 Å². The van der Waals surface area contributed by atoms with Crippen molar-refractivity contribution in [2.24, 2.45) is 0 Å². The second-order valence-electron chi connectivity index (χ2n) is 5.50. The lowest BCUT2D eigenvalue weighted by Crippen LogP contribution is -2.03. The van der Waals surface area contributed by atoms with E-state index in [1.807, 2.05) is 19.9 Å². The molecule has 0 saturated heterocycles. The summed E-state index contributed by atoms with van der Waals surface area (Å²) >= 11 is 6.32. The Kier molecular flexibility index (Phi) is 6.88. The van der Waals surface area contributed by atoms with Crippen molar-refractivity contribution in [2.45, 2.75) is 27.2 Å². The topological polar surface area (TPSA) is 72.5 Å². The first kappa shape index (κ1) is 19.6. The number of ether oxygens (including phenoxy) is 2. The number of aryl methyl sites for hydroxylation is 1. The Morgan fingerprint density at radius 3 is 2.69 bits per heavy atom. The smallest absolute Gasteiger partial charge is 0.207 e. The van der Waals surface area contributed by atoms with Gasteiger partial charge in [-0.3, -0.25) is 4.79 Å². The van der Waals surface area contributed by atoms with Crippen LogP contribution in [0.25, 0.3) is 6.08 Å². The van der Waals surface area contributed by atoms with Crippen molar-refractivity contribution in [3.8, 4) is 17.6 Å². The van der Waals surface area contributed by atoms with Gasteiger partial charge in [-0.25, -0.2) is 0 Å². The average molecular weight is 374 g/mol. The molecule has 0 amide bonds. The first-order chi connectivity index (χ1) is 12.5. The molecule has 0 atom stereocenters. The monoisotopic (exact) mass is 373 g/mol. The highest BCUT2D eigenvalue weighted by Crippen LogP contribution is 2.37. The standard InChI is InChI=1S/C20H20ClNO4/c1-4-7-26-20-17(21)10-14(11-18(20)24-5-2)9-15(12-22)19(23)16-6-8-25-13(16)3/h6,8-11H,4-5,7H2,1-3H3/b15-9+. The van der Waals surface area contributed by atoms with Crippen LogP contribution in [-0.4, -0.2) is 19.0 Å². The molecule has 2 rings (SSSR count). The number of carbonyl (C=O) groups excluding carboxylic acids is 1. The van der Waals surface area contributed by atoms with Gasteiger partial charge in [0.2, 0.25) is 5.78 Å². The average Bonchev–Trinajstić information content (AvgIpc) is 3.04. The Balaban J connectivity index is 2.43. The van der Waals surface area contributed by atoms with Gasteiger partial charge in [0.1, 0.15) is 17.4 Å². The maximum Gasteiger partial charge on any atom is 0.207 e. The van der Waals surface area contributed by atoms with E-state index in [2.05, 4.69) is 0 Å². The molecular weight excluding hydrogens is 354 g/mol. The molecule has 0 N–H and O–H groups in total. The lowest BCUT2D eigenvalue weighted by molar-refractivity contribution is 0.103.